The van der Waals surface area contributed by atoms with Crippen LogP contribution in [-0.4, -0.2) is 9.38 Å². The molecule has 0 aliphatic heterocycles. The Hall–Kier alpha value is -3.48. The van der Waals surface area contributed by atoms with Crippen LogP contribution in [-0.2, 0) is 6.61 Å². The Bertz CT molecular complexity index is 1750. The maximum atomic E-state index is 13.3. The molecule has 0 aliphatic rings. The lowest BCUT2D eigenvalue weighted by Gasteiger charge is -2.12. The second-order valence-electron chi connectivity index (χ2n) is 7.75. The van der Waals surface area contributed by atoms with Crippen LogP contribution in [0.4, 0.5) is 0 Å². The fourth-order valence-electron chi connectivity index (χ4n) is 4.04. The standard InChI is InChI=1S/C27H17BrN2O2S/c28-19-12-9-17(10-13-19)16-32-24-14-11-18-5-1-2-6-20(18)21(24)15-25-26(31)30-23-8-4-3-7-22(23)29-27(30)33-25/h1-15H,16H2/b25-15-. The summed E-state index contributed by atoms with van der Waals surface area (Å²) in [5.41, 5.74) is 3.57. The van der Waals surface area contributed by atoms with Crippen LogP contribution in [0.15, 0.2) is 94.2 Å². The Morgan fingerprint density at radius 2 is 1.73 bits per heavy atom. The minimum Gasteiger partial charge on any atom is -0.488 e. The lowest BCUT2D eigenvalue weighted by molar-refractivity contribution is 0.306. The van der Waals surface area contributed by atoms with Gasteiger partial charge in [0.2, 0.25) is 0 Å². The number of hydrogen-bond donors (Lipinski definition) is 0. The number of aromatic nitrogens is 2. The first-order valence-electron chi connectivity index (χ1n) is 10.5. The predicted octanol–water partition coefficient (Wildman–Crippen LogP) is 5.95. The van der Waals surface area contributed by atoms with Crippen molar-refractivity contribution in [2.24, 2.45) is 0 Å². The van der Waals surface area contributed by atoms with Gasteiger partial charge in [-0.2, -0.15) is 0 Å². The summed E-state index contributed by atoms with van der Waals surface area (Å²) in [6.45, 7) is 0.440. The quantitative estimate of drug-likeness (QED) is 0.293. The average molecular weight is 513 g/mol. The summed E-state index contributed by atoms with van der Waals surface area (Å²) < 4.78 is 9.60. The van der Waals surface area contributed by atoms with E-state index in [1.165, 1.54) is 11.3 Å². The predicted molar refractivity (Wildman–Crippen MR) is 138 cm³/mol. The molecule has 0 bridgehead atoms. The summed E-state index contributed by atoms with van der Waals surface area (Å²) in [6, 6.07) is 28.0. The van der Waals surface area contributed by atoms with Crippen molar-refractivity contribution in [2.45, 2.75) is 6.61 Å². The summed E-state index contributed by atoms with van der Waals surface area (Å²) >= 11 is 4.87. The molecule has 0 saturated carbocycles. The minimum absolute atomic E-state index is 0.0597. The van der Waals surface area contributed by atoms with Crippen LogP contribution in [0.1, 0.15) is 11.1 Å². The molecule has 0 N–H and O–H groups in total. The number of halogens is 1. The smallest absolute Gasteiger partial charge is 0.274 e. The van der Waals surface area contributed by atoms with Crippen molar-refractivity contribution in [3.05, 3.63) is 115 Å². The van der Waals surface area contributed by atoms with Crippen molar-refractivity contribution in [3.8, 4) is 5.75 Å². The summed E-state index contributed by atoms with van der Waals surface area (Å²) in [7, 11) is 0. The van der Waals surface area contributed by atoms with Gasteiger partial charge in [0.1, 0.15) is 12.4 Å². The van der Waals surface area contributed by atoms with E-state index in [0.29, 0.717) is 16.1 Å². The van der Waals surface area contributed by atoms with Gasteiger partial charge in [0, 0.05) is 10.0 Å². The average Bonchev–Trinajstić information content (AvgIpc) is 3.35. The Labute approximate surface area is 201 Å². The van der Waals surface area contributed by atoms with Crippen molar-refractivity contribution < 1.29 is 4.74 Å². The summed E-state index contributed by atoms with van der Waals surface area (Å²) in [5, 5.41) is 2.14. The van der Waals surface area contributed by atoms with E-state index in [0.717, 1.165) is 43.2 Å². The highest BCUT2D eigenvalue weighted by atomic mass is 79.9. The number of hydrogen-bond acceptors (Lipinski definition) is 4. The Balaban J connectivity index is 1.51. The highest BCUT2D eigenvalue weighted by molar-refractivity contribution is 9.10. The maximum absolute atomic E-state index is 13.3. The third-order valence-electron chi connectivity index (χ3n) is 5.66. The van der Waals surface area contributed by atoms with Crippen molar-refractivity contribution in [2.75, 3.05) is 0 Å². The number of nitrogens with zero attached hydrogens (tertiary/aromatic N) is 2. The molecule has 4 aromatic carbocycles. The zero-order valence-electron chi connectivity index (χ0n) is 17.4. The van der Waals surface area contributed by atoms with E-state index < -0.39 is 0 Å². The van der Waals surface area contributed by atoms with Gasteiger partial charge in [-0.1, -0.05) is 81.9 Å². The number of thiazole rings is 1. The monoisotopic (exact) mass is 512 g/mol. The van der Waals surface area contributed by atoms with Gasteiger partial charge in [0.15, 0.2) is 4.96 Å². The topological polar surface area (TPSA) is 43.6 Å². The van der Waals surface area contributed by atoms with Gasteiger partial charge in [-0.3, -0.25) is 4.79 Å². The number of benzene rings is 4. The van der Waals surface area contributed by atoms with Crippen molar-refractivity contribution in [1.29, 1.82) is 0 Å². The SMILES string of the molecule is O=c1/c(=C/c2c(OCc3ccc(Br)cc3)ccc3ccccc23)sc2nc3ccccc3n12. The van der Waals surface area contributed by atoms with Crippen LogP contribution in [0.2, 0.25) is 0 Å². The number of imidazole rings is 1. The van der Waals surface area contributed by atoms with E-state index in [-0.39, 0.29) is 5.56 Å². The largest absolute Gasteiger partial charge is 0.488 e. The molecule has 0 amide bonds. The molecule has 4 nitrogen and oxygen atoms in total. The zero-order valence-corrected chi connectivity index (χ0v) is 19.8. The first kappa shape index (κ1) is 20.1. The van der Waals surface area contributed by atoms with Crippen LogP contribution >= 0.6 is 27.3 Å². The molecule has 160 valence electrons. The number of ether oxygens (including phenoxy) is 1. The van der Waals surface area contributed by atoms with Crippen molar-refractivity contribution in [1.82, 2.24) is 9.38 Å². The molecule has 6 aromatic rings. The van der Waals surface area contributed by atoms with Crippen LogP contribution in [0.5, 0.6) is 5.75 Å². The first-order valence-corrected chi connectivity index (χ1v) is 12.1. The highest BCUT2D eigenvalue weighted by Crippen LogP contribution is 2.30. The molecule has 0 spiro atoms. The lowest BCUT2D eigenvalue weighted by atomic mass is 10.0. The summed E-state index contributed by atoms with van der Waals surface area (Å²) in [5.74, 6) is 0.743. The number of rotatable bonds is 4. The van der Waals surface area contributed by atoms with Gasteiger partial charge in [-0.15, -0.1) is 0 Å². The maximum Gasteiger partial charge on any atom is 0.274 e. The zero-order chi connectivity index (χ0) is 22.4. The Morgan fingerprint density at radius 1 is 0.939 bits per heavy atom. The van der Waals surface area contributed by atoms with Crippen LogP contribution in [0, 0.1) is 0 Å². The fraction of sp³-hybridized carbons (Fsp3) is 0.0370. The van der Waals surface area contributed by atoms with Gasteiger partial charge in [0.25, 0.3) is 5.56 Å². The molecular formula is C27H17BrN2O2S. The second-order valence-corrected chi connectivity index (χ2v) is 9.67. The van der Waals surface area contributed by atoms with Crippen LogP contribution in [0.3, 0.4) is 0 Å². The lowest BCUT2D eigenvalue weighted by Crippen LogP contribution is -2.22. The molecule has 0 saturated heterocycles. The van der Waals surface area contributed by atoms with Gasteiger partial charge in [0.05, 0.1) is 15.6 Å². The van der Waals surface area contributed by atoms with Gasteiger partial charge in [-0.05, 0) is 52.7 Å². The van der Waals surface area contributed by atoms with E-state index >= 15 is 0 Å². The highest BCUT2D eigenvalue weighted by Gasteiger charge is 2.13. The second kappa shape index (κ2) is 8.14. The molecule has 33 heavy (non-hydrogen) atoms. The summed E-state index contributed by atoms with van der Waals surface area (Å²) in [6.07, 6.45) is 1.94. The van der Waals surface area contributed by atoms with E-state index in [9.17, 15) is 4.79 Å². The first-order chi connectivity index (χ1) is 16.2. The van der Waals surface area contributed by atoms with E-state index in [1.807, 2.05) is 72.8 Å². The van der Waals surface area contributed by atoms with Gasteiger partial charge >= 0.3 is 0 Å². The molecule has 6 heteroatoms. The van der Waals surface area contributed by atoms with Crippen molar-refractivity contribution in [3.63, 3.8) is 0 Å². The molecule has 0 aliphatic carbocycles. The Kier molecular flexibility index (Phi) is 4.97. The third kappa shape index (κ3) is 3.61. The third-order valence-corrected chi connectivity index (χ3v) is 7.16. The number of fused-ring (bicyclic) bond motifs is 4. The molecule has 2 aromatic heterocycles. The van der Waals surface area contributed by atoms with Crippen molar-refractivity contribution >= 4 is 60.1 Å². The van der Waals surface area contributed by atoms with Crippen LogP contribution < -0.4 is 14.8 Å². The van der Waals surface area contributed by atoms with Crippen LogP contribution in [0.25, 0.3) is 32.8 Å². The molecule has 0 radical (unpaired) electrons. The normalized spacial score (nSPS) is 12.2. The van der Waals surface area contributed by atoms with Gasteiger partial charge in [-0.25, -0.2) is 9.38 Å². The van der Waals surface area contributed by atoms with E-state index in [2.05, 4.69) is 39.1 Å². The molecule has 2 heterocycles. The number of para-hydroxylation sites is 2. The molecule has 6 rings (SSSR count). The van der Waals surface area contributed by atoms with E-state index in [4.69, 9.17) is 4.74 Å². The summed E-state index contributed by atoms with van der Waals surface area (Å²) in [4.78, 5) is 18.7. The van der Waals surface area contributed by atoms with E-state index in [1.54, 1.807) is 4.40 Å². The molecule has 0 fully saturated rings. The Morgan fingerprint density at radius 3 is 2.61 bits per heavy atom. The molecule has 0 atom stereocenters. The van der Waals surface area contributed by atoms with Gasteiger partial charge < -0.3 is 4.74 Å². The minimum atomic E-state index is -0.0597. The molecule has 0 unspecified atom stereocenters. The fourth-order valence-corrected chi connectivity index (χ4v) is 5.27. The molecular weight excluding hydrogens is 496 g/mol.